The van der Waals surface area contributed by atoms with Crippen LogP contribution in [0.5, 0.6) is 0 Å². The molecule has 4 nitrogen and oxygen atoms in total. The molecule has 0 atom stereocenters. The van der Waals surface area contributed by atoms with Crippen molar-refractivity contribution in [3.05, 3.63) is 175 Å². The fourth-order valence-electron chi connectivity index (χ4n) is 8.15. The maximum Gasteiger partial charge on any atom is 0.320 e. The van der Waals surface area contributed by atoms with E-state index in [-0.39, 0.29) is 12.3 Å². The molecular weight excluding hydrogens is 619 g/mol. The van der Waals surface area contributed by atoms with Gasteiger partial charge in [-0.25, -0.2) is 15.0 Å². The van der Waals surface area contributed by atoms with Crippen LogP contribution in [-0.2, 0) is 5.41 Å². The third-order valence-corrected chi connectivity index (χ3v) is 10.7. The Morgan fingerprint density at radius 3 is 1.90 bits per heavy atom. The van der Waals surface area contributed by atoms with Crippen molar-refractivity contribution >= 4 is 18.0 Å². The third-order valence-electron chi connectivity index (χ3n) is 10.7. The molecule has 7 aromatic rings. The topological polar surface area (TPSA) is 41.9 Å². The Kier molecular flexibility index (Phi) is 6.59. The molecule has 6 aromatic carbocycles. The summed E-state index contributed by atoms with van der Waals surface area (Å²) in [7, 11) is 0. The summed E-state index contributed by atoms with van der Waals surface area (Å²) in [5.41, 5.74) is 15.5. The summed E-state index contributed by atoms with van der Waals surface area (Å²) >= 11 is 0. The molecule has 5 heteroatoms. The van der Waals surface area contributed by atoms with Gasteiger partial charge in [-0.3, -0.25) is 0 Å². The van der Waals surface area contributed by atoms with Crippen molar-refractivity contribution in [2.45, 2.75) is 19.3 Å². The smallest absolute Gasteiger partial charge is 0.320 e. The van der Waals surface area contributed by atoms with E-state index in [1.807, 2.05) is 24.3 Å². The molecule has 0 saturated carbocycles. The first kappa shape index (κ1) is 29.6. The Morgan fingerprint density at radius 2 is 1.12 bits per heavy atom. The second-order valence-electron chi connectivity index (χ2n) is 14.1. The molecule has 0 spiro atoms. The van der Waals surface area contributed by atoms with Crippen LogP contribution in [0.1, 0.15) is 25.0 Å². The predicted molar refractivity (Wildman–Crippen MR) is 211 cm³/mol. The summed E-state index contributed by atoms with van der Waals surface area (Å²) in [5.74, 6) is 4.26. The molecule has 0 amide bonds. The SMILES string of the molecule is CC1(C)c2ccccc2-c2cc3c(cc21)B1C=CC=CN1c1cc(-c2nc(-c4ccccc4)nc(-c4cccc(-c5ccccc5)c4)n2)ccc1-3. The highest BCUT2D eigenvalue weighted by molar-refractivity contribution is 6.83. The number of benzene rings is 6. The van der Waals surface area contributed by atoms with E-state index in [0.29, 0.717) is 17.5 Å². The minimum Gasteiger partial charge on any atom is -0.383 e. The molecule has 0 unspecified atom stereocenters. The molecule has 10 rings (SSSR count). The molecule has 0 N–H and O–H groups in total. The Morgan fingerprint density at radius 1 is 0.471 bits per heavy atom. The van der Waals surface area contributed by atoms with Gasteiger partial charge in [-0.15, -0.1) is 0 Å². The average Bonchev–Trinajstić information content (AvgIpc) is 3.43. The molecule has 0 fully saturated rings. The van der Waals surface area contributed by atoms with E-state index in [1.165, 1.54) is 38.8 Å². The van der Waals surface area contributed by atoms with Crippen LogP contribution in [0.25, 0.3) is 67.5 Å². The lowest BCUT2D eigenvalue weighted by atomic mass is 9.49. The maximum absolute atomic E-state index is 5.15. The van der Waals surface area contributed by atoms with Crippen LogP contribution in [0.15, 0.2) is 164 Å². The Hall–Kier alpha value is -6.33. The molecule has 3 heterocycles. The molecule has 1 aliphatic carbocycles. The molecule has 0 bridgehead atoms. The predicted octanol–water partition coefficient (Wildman–Crippen LogP) is 10.2. The van der Waals surface area contributed by atoms with Crippen LogP contribution < -0.4 is 10.3 Å². The number of nitrogens with zero attached hydrogens (tertiary/aromatic N) is 4. The van der Waals surface area contributed by atoms with Gasteiger partial charge in [0, 0.05) is 33.4 Å². The Balaban J connectivity index is 1.14. The number of hydrogen-bond acceptors (Lipinski definition) is 4. The zero-order chi connectivity index (χ0) is 34.1. The number of aromatic nitrogens is 3. The first-order valence-electron chi connectivity index (χ1n) is 17.6. The van der Waals surface area contributed by atoms with Gasteiger partial charge in [0.25, 0.3) is 0 Å². The molecule has 51 heavy (non-hydrogen) atoms. The molecule has 240 valence electrons. The molecule has 2 aliphatic heterocycles. The summed E-state index contributed by atoms with van der Waals surface area (Å²) in [5, 5.41) is 0. The minimum absolute atomic E-state index is 0.0579. The number of hydrogen-bond donors (Lipinski definition) is 0. The third kappa shape index (κ3) is 4.73. The molecular formula is C46H33BN4. The molecule has 0 saturated heterocycles. The lowest BCUT2D eigenvalue weighted by molar-refractivity contribution is 0.661. The lowest BCUT2D eigenvalue weighted by Crippen LogP contribution is -2.49. The number of anilines is 1. The second kappa shape index (κ2) is 11.4. The standard InChI is InChI=1S/C46H33BN4/c1-46(2)39-21-10-9-20-35(39)37-28-38-36-23-22-34(27-42(36)51-25-12-11-24-47(51)41(38)29-40(37)46)45-49-43(31-16-7-4-8-17-31)48-44(50-45)33-19-13-18-32(26-33)30-14-5-3-6-15-30/h3-29H,1-2H3. The highest BCUT2D eigenvalue weighted by Crippen LogP contribution is 2.51. The zero-order valence-electron chi connectivity index (χ0n) is 28.5. The van der Waals surface area contributed by atoms with E-state index in [2.05, 4.69) is 158 Å². The van der Waals surface area contributed by atoms with Gasteiger partial charge in [0.1, 0.15) is 0 Å². The summed E-state index contributed by atoms with van der Waals surface area (Å²) in [4.78, 5) is 17.7. The van der Waals surface area contributed by atoms with Gasteiger partial charge in [-0.05, 0) is 74.9 Å². The van der Waals surface area contributed by atoms with E-state index in [4.69, 9.17) is 15.0 Å². The van der Waals surface area contributed by atoms with Crippen molar-refractivity contribution in [1.29, 1.82) is 0 Å². The van der Waals surface area contributed by atoms with Gasteiger partial charge in [-0.2, -0.15) is 0 Å². The van der Waals surface area contributed by atoms with Crippen molar-refractivity contribution in [3.8, 4) is 67.5 Å². The highest BCUT2D eigenvalue weighted by atomic mass is 15.1. The van der Waals surface area contributed by atoms with Gasteiger partial charge in [0.05, 0.1) is 0 Å². The summed E-state index contributed by atoms with van der Waals surface area (Å²) in [6.45, 7) is 4.80. The van der Waals surface area contributed by atoms with E-state index in [1.54, 1.807) is 0 Å². The van der Waals surface area contributed by atoms with Gasteiger partial charge in [0.15, 0.2) is 17.5 Å². The molecule has 3 aliphatic rings. The quantitative estimate of drug-likeness (QED) is 0.178. The first-order valence-corrected chi connectivity index (χ1v) is 17.6. The molecule has 0 radical (unpaired) electrons. The van der Waals surface area contributed by atoms with Crippen molar-refractivity contribution in [2.75, 3.05) is 4.81 Å². The summed E-state index contributed by atoms with van der Waals surface area (Å²) in [6.07, 6.45) is 6.49. The maximum atomic E-state index is 5.15. The zero-order valence-corrected chi connectivity index (χ0v) is 28.5. The van der Waals surface area contributed by atoms with E-state index in [0.717, 1.165) is 33.5 Å². The first-order chi connectivity index (χ1) is 25.0. The van der Waals surface area contributed by atoms with E-state index in [9.17, 15) is 0 Å². The van der Waals surface area contributed by atoms with Crippen molar-refractivity contribution < 1.29 is 0 Å². The van der Waals surface area contributed by atoms with Gasteiger partial charge in [0.2, 0.25) is 0 Å². The largest absolute Gasteiger partial charge is 0.383 e. The summed E-state index contributed by atoms with van der Waals surface area (Å²) in [6, 6.07) is 49.5. The van der Waals surface area contributed by atoms with Crippen LogP contribution in [0, 0.1) is 0 Å². The van der Waals surface area contributed by atoms with E-state index < -0.39 is 0 Å². The fourth-order valence-corrected chi connectivity index (χ4v) is 8.15. The second-order valence-corrected chi connectivity index (χ2v) is 14.1. The number of rotatable bonds is 4. The minimum atomic E-state index is -0.0579. The Labute approximate surface area is 298 Å². The van der Waals surface area contributed by atoms with Crippen LogP contribution >= 0.6 is 0 Å². The lowest BCUT2D eigenvalue weighted by Gasteiger charge is -2.37. The number of fused-ring (bicyclic) bond motifs is 9. The summed E-state index contributed by atoms with van der Waals surface area (Å²) < 4.78 is 0. The van der Waals surface area contributed by atoms with Crippen LogP contribution in [0.3, 0.4) is 0 Å². The number of allylic oxidation sites excluding steroid dienone is 2. The van der Waals surface area contributed by atoms with Crippen molar-refractivity contribution in [2.24, 2.45) is 0 Å². The fraction of sp³-hybridized carbons (Fsp3) is 0.0652. The average molecular weight is 653 g/mol. The highest BCUT2D eigenvalue weighted by Gasteiger charge is 2.40. The van der Waals surface area contributed by atoms with Gasteiger partial charge >= 0.3 is 6.85 Å². The Bertz CT molecular complexity index is 2570. The monoisotopic (exact) mass is 652 g/mol. The normalized spacial score (nSPS) is 14.4. The van der Waals surface area contributed by atoms with Crippen LogP contribution in [-0.4, -0.2) is 21.8 Å². The van der Waals surface area contributed by atoms with Crippen molar-refractivity contribution in [3.63, 3.8) is 0 Å². The van der Waals surface area contributed by atoms with Gasteiger partial charge < -0.3 is 4.81 Å². The van der Waals surface area contributed by atoms with Crippen LogP contribution in [0.2, 0.25) is 0 Å². The van der Waals surface area contributed by atoms with Gasteiger partial charge in [-0.1, -0.05) is 147 Å². The van der Waals surface area contributed by atoms with E-state index >= 15 is 0 Å². The van der Waals surface area contributed by atoms with Crippen LogP contribution in [0.4, 0.5) is 5.69 Å². The molecule has 1 aromatic heterocycles. The van der Waals surface area contributed by atoms with Crippen molar-refractivity contribution in [1.82, 2.24) is 15.0 Å².